The molecule has 5 heteroatoms. The van der Waals surface area contributed by atoms with Crippen LogP contribution in [0.5, 0.6) is 0 Å². The van der Waals surface area contributed by atoms with Gasteiger partial charge in [-0.3, -0.25) is 0 Å². The predicted molar refractivity (Wildman–Crippen MR) is 69.4 cm³/mol. The van der Waals surface area contributed by atoms with Gasteiger partial charge in [-0.2, -0.15) is 0 Å². The van der Waals surface area contributed by atoms with Gasteiger partial charge in [-0.1, -0.05) is 6.07 Å². The normalized spacial score (nSPS) is 10.0. The Labute approximate surface area is 104 Å². The van der Waals surface area contributed by atoms with Crippen LogP contribution in [0.25, 0.3) is 0 Å². The zero-order valence-corrected chi connectivity index (χ0v) is 9.99. The van der Waals surface area contributed by atoms with Crippen LogP contribution in [0.2, 0.25) is 5.28 Å². The van der Waals surface area contributed by atoms with Gasteiger partial charge in [-0.05, 0) is 47.9 Å². The lowest BCUT2D eigenvalue weighted by Crippen LogP contribution is -1.96. The van der Waals surface area contributed by atoms with Gasteiger partial charge in [0.15, 0.2) is 0 Å². The molecule has 2 aromatic rings. The van der Waals surface area contributed by atoms with Gasteiger partial charge < -0.3 is 10.7 Å². The number of rotatable bonds is 3. The Balaban J connectivity index is 2.27. The van der Waals surface area contributed by atoms with E-state index in [0.29, 0.717) is 5.82 Å². The maximum absolute atomic E-state index is 7.30. The topological polar surface area (TPSA) is 61.7 Å². The van der Waals surface area contributed by atoms with Crippen molar-refractivity contribution >= 4 is 29.3 Å². The molecule has 4 nitrogen and oxygen atoms in total. The van der Waals surface area contributed by atoms with Crippen LogP contribution in [0.1, 0.15) is 11.1 Å². The zero-order chi connectivity index (χ0) is 12.3. The van der Waals surface area contributed by atoms with Crippen molar-refractivity contribution in [3.05, 3.63) is 46.9 Å². The number of aryl methyl sites for hydroxylation is 1. The summed E-state index contributed by atoms with van der Waals surface area (Å²) in [5.74, 6) is 0.629. The molecule has 1 aromatic carbocycles. The summed E-state index contributed by atoms with van der Waals surface area (Å²) in [4.78, 5) is 7.84. The van der Waals surface area contributed by atoms with Gasteiger partial charge in [0.05, 0.1) is 0 Å². The van der Waals surface area contributed by atoms with Gasteiger partial charge in [0.1, 0.15) is 5.82 Å². The van der Waals surface area contributed by atoms with Crippen molar-refractivity contribution < 1.29 is 0 Å². The number of hydrogen-bond donors (Lipinski definition) is 2. The summed E-state index contributed by atoms with van der Waals surface area (Å²) >= 11 is 5.70. The Hall–Kier alpha value is -1.94. The minimum Gasteiger partial charge on any atom is -0.340 e. The van der Waals surface area contributed by atoms with Crippen molar-refractivity contribution in [1.29, 1.82) is 5.41 Å². The Morgan fingerprint density at radius 2 is 2.18 bits per heavy atom. The number of aromatic nitrogens is 2. The van der Waals surface area contributed by atoms with Crippen LogP contribution >= 0.6 is 11.6 Å². The van der Waals surface area contributed by atoms with E-state index in [9.17, 15) is 0 Å². The van der Waals surface area contributed by atoms with Gasteiger partial charge in [0.25, 0.3) is 0 Å². The summed E-state index contributed by atoms with van der Waals surface area (Å²) < 4.78 is 0. The lowest BCUT2D eigenvalue weighted by atomic mass is 10.1. The van der Waals surface area contributed by atoms with E-state index in [1.165, 1.54) is 6.21 Å². The zero-order valence-electron chi connectivity index (χ0n) is 9.24. The van der Waals surface area contributed by atoms with Crippen LogP contribution in [0.15, 0.2) is 30.5 Å². The van der Waals surface area contributed by atoms with Crippen LogP contribution in [-0.2, 0) is 0 Å². The first-order valence-corrected chi connectivity index (χ1v) is 5.43. The second kappa shape index (κ2) is 4.93. The fourth-order valence-electron chi connectivity index (χ4n) is 1.43. The highest BCUT2D eigenvalue weighted by Crippen LogP contribution is 2.18. The number of nitrogens with one attached hydrogen (secondary N) is 2. The van der Waals surface area contributed by atoms with Crippen LogP contribution in [0.4, 0.5) is 11.5 Å². The molecule has 0 radical (unpaired) electrons. The van der Waals surface area contributed by atoms with Gasteiger partial charge in [0.2, 0.25) is 5.28 Å². The third kappa shape index (κ3) is 2.79. The van der Waals surface area contributed by atoms with Crippen molar-refractivity contribution in [3.63, 3.8) is 0 Å². The lowest BCUT2D eigenvalue weighted by molar-refractivity contribution is 1.17. The van der Waals surface area contributed by atoms with Crippen molar-refractivity contribution in [3.8, 4) is 0 Å². The standard InChI is InChI=1S/C12H11ClN4/c1-8-2-3-10(6-9(8)7-14)16-11-4-5-15-12(13)17-11/h2-7,14H,1H3,(H,15,16,17). The van der Waals surface area contributed by atoms with E-state index in [2.05, 4.69) is 15.3 Å². The summed E-state index contributed by atoms with van der Waals surface area (Å²) in [6.45, 7) is 1.96. The minimum atomic E-state index is 0.203. The average Bonchev–Trinajstić information content (AvgIpc) is 2.32. The van der Waals surface area contributed by atoms with Crippen LogP contribution < -0.4 is 5.32 Å². The third-order valence-corrected chi connectivity index (χ3v) is 2.52. The molecule has 0 spiro atoms. The summed E-state index contributed by atoms with van der Waals surface area (Å²) in [6, 6.07) is 7.50. The second-order valence-corrected chi connectivity index (χ2v) is 3.89. The van der Waals surface area contributed by atoms with E-state index in [1.54, 1.807) is 12.3 Å². The number of anilines is 2. The summed E-state index contributed by atoms with van der Waals surface area (Å²) in [7, 11) is 0. The maximum atomic E-state index is 7.30. The third-order valence-electron chi connectivity index (χ3n) is 2.33. The van der Waals surface area contributed by atoms with Crippen LogP contribution in [0, 0.1) is 12.3 Å². The number of hydrogen-bond acceptors (Lipinski definition) is 4. The van der Waals surface area contributed by atoms with Gasteiger partial charge >= 0.3 is 0 Å². The molecule has 2 rings (SSSR count). The molecule has 0 saturated carbocycles. The number of halogens is 1. The van der Waals surface area contributed by atoms with Crippen molar-refractivity contribution in [1.82, 2.24) is 9.97 Å². The Kier molecular flexibility index (Phi) is 3.35. The van der Waals surface area contributed by atoms with Crippen LogP contribution in [0.3, 0.4) is 0 Å². The molecule has 0 amide bonds. The van der Waals surface area contributed by atoms with Crippen molar-refractivity contribution in [2.24, 2.45) is 0 Å². The molecule has 17 heavy (non-hydrogen) atoms. The van der Waals surface area contributed by atoms with E-state index < -0.39 is 0 Å². The molecule has 2 N–H and O–H groups in total. The summed E-state index contributed by atoms with van der Waals surface area (Å²) in [5.41, 5.74) is 2.80. The summed E-state index contributed by atoms with van der Waals surface area (Å²) in [6.07, 6.45) is 2.91. The highest BCUT2D eigenvalue weighted by atomic mass is 35.5. The fraction of sp³-hybridized carbons (Fsp3) is 0.0833. The molecular formula is C12H11ClN4. The Bertz CT molecular complexity index is 554. The van der Waals surface area contributed by atoms with E-state index in [1.807, 2.05) is 25.1 Å². The molecule has 0 aliphatic carbocycles. The monoisotopic (exact) mass is 246 g/mol. The van der Waals surface area contributed by atoms with Crippen molar-refractivity contribution in [2.75, 3.05) is 5.32 Å². The molecule has 0 bridgehead atoms. The Morgan fingerprint density at radius 1 is 1.35 bits per heavy atom. The minimum absolute atomic E-state index is 0.203. The van der Waals surface area contributed by atoms with Crippen LogP contribution in [-0.4, -0.2) is 16.2 Å². The van der Waals surface area contributed by atoms with E-state index >= 15 is 0 Å². The molecule has 0 saturated heterocycles. The molecular weight excluding hydrogens is 236 g/mol. The Morgan fingerprint density at radius 3 is 2.88 bits per heavy atom. The quantitative estimate of drug-likeness (QED) is 0.646. The average molecular weight is 247 g/mol. The van der Waals surface area contributed by atoms with Crippen molar-refractivity contribution in [2.45, 2.75) is 6.92 Å². The van der Waals surface area contributed by atoms with E-state index in [-0.39, 0.29) is 5.28 Å². The SMILES string of the molecule is Cc1ccc(Nc2ccnc(Cl)n2)cc1C=N. The first kappa shape index (κ1) is 11.5. The van der Waals surface area contributed by atoms with E-state index in [4.69, 9.17) is 17.0 Å². The lowest BCUT2D eigenvalue weighted by Gasteiger charge is -2.07. The van der Waals surface area contributed by atoms with E-state index in [0.717, 1.165) is 16.8 Å². The number of benzene rings is 1. The molecule has 1 aromatic heterocycles. The molecule has 0 fully saturated rings. The molecule has 86 valence electrons. The predicted octanol–water partition coefficient (Wildman–Crippen LogP) is 3.18. The highest BCUT2D eigenvalue weighted by molar-refractivity contribution is 6.28. The van der Waals surface area contributed by atoms with Gasteiger partial charge in [-0.25, -0.2) is 9.97 Å². The first-order chi connectivity index (χ1) is 8.19. The van der Waals surface area contributed by atoms with Gasteiger partial charge in [0, 0.05) is 18.1 Å². The maximum Gasteiger partial charge on any atom is 0.224 e. The summed E-state index contributed by atoms with van der Waals surface area (Å²) in [5, 5.41) is 10.6. The largest absolute Gasteiger partial charge is 0.340 e. The molecule has 0 unspecified atom stereocenters. The molecule has 1 heterocycles. The highest BCUT2D eigenvalue weighted by Gasteiger charge is 2.00. The molecule has 0 aliphatic heterocycles. The fourth-order valence-corrected chi connectivity index (χ4v) is 1.57. The molecule has 0 atom stereocenters. The smallest absolute Gasteiger partial charge is 0.224 e. The second-order valence-electron chi connectivity index (χ2n) is 3.55. The van der Waals surface area contributed by atoms with Gasteiger partial charge in [-0.15, -0.1) is 0 Å². The number of nitrogens with zero attached hydrogens (tertiary/aromatic N) is 2. The first-order valence-electron chi connectivity index (χ1n) is 5.06. The molecule has 0 aliphatic rings.